The van der Waals surface area contributed by atoms with Crippen LogP contribution in [0.25, 0.3) is 0 Å². The quantitative estimate of drug-likeness (QED) is 0.155. The fourth-order valence-electron chi connectivity index (χ4n) is 5.20. The Morgan fingerprint density at radius 3 is 2.14 bits per heavy atom. The lowest BCUT2D eigenvalue weighted by Gasteiger charge is -2.37. The minimum atomic E-state index is 0.0617. The van der Waals surface area contributed by atoms with Gasteiger partial charge in [-0.1, -0.05) is 95.0 Å². The van der Waals surface area contributed by atoms with Gasteiger partial charge in [0.05, 0.1) is 0 Å². The first-order chi connectivity index (χ1) is 18.0. The van der Waals surface area contributed by atoms with Crippen LogP contribution in [0.3, 0.4) is 0 Å². The Kier molecular flexibility index (Phi) is 11.8. The fraction of sp³-hybridized carbons (Fsp3) is 0.500. The smallest absolute Gasteiger partial charge is 0.0411 e. The first kappa shape index (κ1) is 29.0. The Balaban J connectivity index is 1.40. The second kappa shape index (κ2) is 15.0. The lowest BCUT2D eigenvalue weighted by molar-refractivity contribution is 0.484. The van der Waals surface area contributed by atoms with Gasteiger partial charge in [-0.05, 0) is 111 Å². The Morgan fingerprint density at radius 1 is 0.838 bits per heavy atom. The van der Waals surface area contributed by atoms with Gasteiger partial charge in [0.1, 0.15) is 0 Å². The highest BCUT2D eigenvalue weighted by molar-refractivity contribution is 5.53. The van der Waals surface area contributed by atoms with Crippen molar-refractivity contribution >= 4 is 5.69 Å². The molecule has 0 fully saturated rings. The largest absolute Gasteiger partial charge is 0.342 e. The summed E-state index contributed by atoms with van der Waals surface area (Å²) in [4.78, 5) is 2.42. The predicted molar refractivity (Wildman–Crippen MR) is 165 cm³/mol. The van der Waals surface area contributed by atoms with Crippen molar-refractivity contribution in [3.63, 3.8) is 0 Å². The first-order valence-electron chi connectivity index (χ1n) is 15.0. The number of unbranched alkanes of at least 4 members (excludes halogenated alkanes) is 5. The second-order valence-electron chi connectivity index (χ2n) is 11.5. The maximum Gasteiger partial charge on any atom is 0.0411 e. The number of nitrogens with zero attached hydrogens (tertiary/aromatic N) is 1. The van der Waals surface area contributed by atoms with E-state index in [2.05, 4.69) is 100.0 Å². The highest BCUT2D eigenvalue weighted by Crippen LogP contribution is 2.28. The standard InChI is InChI=1S/C36H51N/c1-6-16-31-21-26-35(27-22-31)37(36(4,5)8-3)28-15-19-30(7-2)17-13-11-9-10-12-14-18-32-20-23-33-24-25-34(33)29-32/h7,15,19-23,26-29H,2,6,8-14,16-18,24-25H2,1,3-5H3/b28-15-,30-19+. The van der Waals surface area contributed by atoms with E-state index in [-0.39, 0.29) is 5.54 Å². The predicted octanol–water partition coefficient (Wildman–Crippen LogP) is 10.3. The molecule has 3 rings (SSSR count). The Hall–Kier alpha value is -2.54. The van der Waals surface area contributed by atoms with Crippen LogP contribution in [0, 0.1) is 0 Å². The molecule has 1 heteroatoms. The third-order valence-corrected chi connectivity index (χ3v) is 8.19. The van der Waals surface area contributed by atoms with Crippen LogP contribution < -0.4 is 4.90 Å². The van der Waals surface area contributed by atoms with Crippen LogP contribution >= 0.6 is 0 Å². The van der Waals surface area contributed by atoms with Crippen molar-refractivity contribution in [2.24, 2.45) is 0 Å². The molecule has 1 nitrogen and oxygen atoms in total. The minimum absolute atomic E-state index is 0.0617. The van der Waals surface area contributed by atoms with E-state index in [0.717, 1.165) is 19.3 Å². The average molecular weight is 498 g/mol. The molecule has 1 aliphatic carbocycles. The number of anilines is 1. The molecule has 2 aromatic rings. The number of benzene rings is 2. The van der Waals surface area contributed by atoms with Gasteiger partial charge in [-0.25, -0.2) is 0 Å². The van der Waals surface area contributed by atoms with Gasteiger partial charge in [-0.15, -0.1) is 0 Å². The molecule has 0 saturated heterocycles. The van der Waals surface area contributed by atoms with E-state index in [1.54, 1.807) is 16.7 Å². The molecule has 0 bridgehead atoms. The summed E-state index contributed by atoms with van der Waals surface area (Å²) in [5, 5.41) is 0. The lowest BCUT2D eigenvalue weighted by Crippen LogP contribution is -2.39. The summed E-state index contributed by atoms with van der Waals surface area (Å²) in [5.41, 5.74) is 8.80. The Bertz CT molecular complexity index is 1020. The van der Waals surface area contributed by atoms with Gasteiger partial charge < -0.3 is 4.90 Å². The number of hydrogen-bond acceptors (Lipinski definition) is 1. The van der Waals surface area contributed by atoms with Crippen molar-refractivity contribution < 1.29 is 0 Å². The topological polar surface area (TPSA) is 3.24 Å². The van der Waals surface area contributed by atoms with E-state index < -0.39 is 0 Å². The highest BCUT2D eigenvalue weighted by atomic mass is 15.2. The Morgan fingerprint density at radius 2 is 1.51 bits per heavy atom. The summed E-state index contributed by atoms with van der Waals surface area (Å²) in [5.74, 6) is 0. The SMILES string of the molecule is C=C/C(=C\C=C/N(c1ccc(CCC)cc1)C(C)(C)CC)CCCCCCCCc1ccc2c(c1)CC2. The van der Waals surface area contributed by atoms with Crippen LogP contribution in [0.2, 0.25) is 0 Å². The molecule has 0 amide bonds. The maximum atomic E-state index is 4.08. The molecule has 0 heterocycles. The monoisotopic (exact) mass is 497 g/mol. The summed E-state index contributed by atoms with van der Waals surface area (Å²) < 4.78 is 0. The van der Waals surface area contributed by atoms with Gasteiger partial charge in [-0.2, -0.15) is 0 Å². The molecule has 1 aliphatic rings. The molecule has 0 atom stereocenters. The molecule has 0 spiro atoms. The summed E-state index contributed by atoms with van der Waals surface area (Å²) in [7, 11) is 0. The zero-order valence-electron chi connectivity index (χ0n) is 24.2. The van der Waals surface area contributed by atoms with E-state index in [1.807, 2.05) is 6.08 Å². The molecule has 200 valence electrons. The van der Waals surface area contributed by atoms with Crippen molar-refractivity contribution in [1.82, 2.24) is 0 Å². The number of fused-ring (bicyclic) bond motifs is 1. The van der Waals surface area contributed by atoms with E-state index in [4.69, 9.17) is 0 Å². The average Bonchev–Trinajstić information content (AvgIpc) is 2.89. The van der Waals surface area contributed by atoms with Crippen LogP contribution in [0.1, 0.15) is 108 Å². The van der Waals surface area contributed by atoms with Crippen molar-refractivity contribution in [3.8, 4) is 0 Å². The summed E-state index contributed by atoms with van der Waals surface area (Å²) >= 11 is 0. The fourth-order valence-corrected chi connectivity index (χ4v) is 5.20. The maximum absolute atomic E-state index is 4.08. The van der Waals surface area contributed by atoms with E-state index in [0.29, 0.717) is 0 Å². The van der Waals surface area contributed by atoms with Gasteiger partial charge in [-0.3, -0.25) is 0 Å². The van der Waals surface area contributed by atoms with E-state index in [9.17, 15) is 0 Å². The number of hydrogen-bond donors (Lipinski definition) is 0. The molecule has 0 radical (unpaired) electrons. The first-order valence-corrected chi connectivity index (χ1v) is 15.0. The van der Waals surface area contributed by atoms with Crippen LogP contribution in [-0.4, -0.2) is 5.54 Å². The van der Waals surface area contributed by atoms with Crippen LogP contribution in [-0.2, 0) is 25.7 Å². The van der Waals surface area contributed by atoms with E-state index in [1.165, 1.54) is 81.0 Å². The summed E-state index contributed by atoms with van der Waals surface area (Å²) in [6.45, 7) is 13.2. The third-order valence-electron chi connectivity index (χ3n) is 8.19. The molecule has 0 N–H and O–H groups in total. The second-order valence-corrected chi connectivity index (χ2v) is 11.5. The van der Waals surface area contributed by atoms with Crippen molar-refractivity contribution in [1.29, 1.82) is 0 Å². The molecular formula is C36H51N. The molecular weight excluding hydrogens is 446 g/mol. The molecule has 0 aromatic heterocycles. The highest BCUT2D eigenvalue weighted by Gasteiger charge is 2.23. The van der Waals surface area contributed by atoms with Crippen LogP contribution in [0.4, 0.5) is 5.69 Å². The van der Waals surface area contributed by atoms with Crippen molar-refractivity contribution in [2.75, 3.05) is 4.90 Å². The van der Waals surface area contributed by atoms with Crippen LogP contribution in [0.15, 0.2) is 79.0 Å². The minimum Gasteiger partial charge on any atom is -0.342 e. The zero-order valence-corrected chi connectivity index (χ0v) is 24.2. The lowest BCUT2D eigenvalue weighted by atomic mass is 9.86. The number of aryl methyl sites for hydroxylation is 4. The molecule has 0 saturated carbocycles. The van der Waals surface area contributed by atoms with Gasteiger partial charge in [0, 0.05) is 17.4 Å². The zero-order chi connectivity index (χ0) is 26.5. The van der Waals surface area contributed by atoms with E-state index >= 15 is 0 Å². The van der Waals surface area contributed by atoms with Crippen LogP contribution in [0.5, 0.6) is 0 Å². The van der Waals surface area contributed by atoms with Gasteiger partial charge in [0.25, 0.3) is 0 Å². The summed E-state index contributed by atoms with van der Waals surface area (Å²) in [6, 6.07) is 16.2. The molecule has 0 aliphatic heterocycles. The molecule has 0 unspecified atom stereocenters. The Labute approximate surface area is 228 Å². The molecule has 2 aromatic carbocycles. The third kappa shape index (κ3) is 9.06. The normalized spacial score (nSPS) is 13.5. The van der Waals surface area contributed by atoms with Crippen molar-refractivity contribution in [3.05, 3.63) is 101 Å². The van der Waals surface area contributed by atoms with Gasteiger partial charge in [0.2, 0.25) is 0 Å². The van der Waals surface area contributed by atoms with Gasteiger partial charge >= 0.3 is 0 Å². The number of rotatable bonds is 17. The molecule has 37 heavy (non-hydrogen) atoms. The van der Waals surface area contributed by atoms with Crippen molar-refractivity contribution in [2.45, 2.75) is 117 Å². The summed E-state index contributed by atoms with van der Waals surface area (Å²) in [6.07, 6.45) is 25.1. The van der Waals surface area contributed by atoms with Gasteiger partial charge in [0.15, 0.2) is 0 Å². The number of allylic oxidation sites excluding steroid dienone is 4.